The molecule has 0 unspecified atom stereocenters. The van der Waals surface area contributed by atoms with Crippen LogP contribution in [0.2, 0.25) is 0 Å². The SMILES string of the molecule is O=C(O)NCC(=CF)Cn1cc2c(c1Br)CCN(C1CC1)C2=O. The first-order valence-electron chi connectivity index (χ1n) is 7.44. The summed E-state index contributed by atoms with van der Waals surface area (Å²) in [6.07, 6.45) is 3.83. The Morgan fingerprint density at radius 2 is 2.26 bits per heavy atom. The minimum Gasteiger partial charge on any atom is -0.465 e. The first-order valence-corrected chi connectivity index (χ1v) is 8.24. The molecule has 1 fully saturated rings. The zero-order chi connectivity index (χ0) is 16.6. The van der Waals surface area contributed by atoms with E-state index in [0.29, 0.717) is 24.5 Å². The van der Waals surface area contributed by atoms with Crippen molar-refractivity contribution >= 4 is 27.9 Å². The zero-order valence-electron chi connectivity index (χ0n) is 12.4. The van der Waals surface area contributed by atoms with Gasteiger partial charge in [-0.3, -0.25) is 4.79 Å². The van der Waals surface area contributed by atoms with Crippen LogP contribution in [-0.4, -0.2) is 45.7 Å². The Bertz CT molecular complexity index is 682. The second-order valence-electron chi connectivity index (χ2n) is 5.85. The second kappa shape index (κ2) is 6.35. The van der Waals surface area contributed by atoms with Crippen molar-refractivity contribution in [3.63, 3.8) is 0 Å². The van der Waals surface area contributed by atoms with Crippen LogP contribution in [0.5, 0.6) is 0 Å². The maximum absolute atomic E-state index is 13.0. The van der Waals surface area contributed by atoms with Gasteiger partial charge in [-0.05, 0) is 46.3 Å². The molecule has 3 rings (SSSR count). The molecule has 2 aliphatic rings. The van der Waals surface area contributed by atoms with E-state index in [2.05, 4.69) is 21.2 Å². The van der Waals surface area contributed by atoms with Crippen LogP contribution in [0.15, 0.2) is 22.7 Å². The van der Waals surface area contributed by atoms with Crippen LogP contribution in [0.4, 0.5) is 9.18 Å². The van der Waals surface area contributed by atoms with Crippen molar-refractivity contribution < 1.29 is 19.1 Å². The van der Waals surface area contributed by atoms with E-state index in [9.17, 15) is 14.0 Å². The monoisotopic (exact) mass is 385 g/mol. The van der Waals surface area contributed by atoms with Gasteiger partial charge in [0.1, 0.15) is 0 Å². The molecule has 6 nitrogen and oxygen atoms in total. The van der Waals surface area contributed by atoms with Gasteiger partial charge in [0.2, 0.25) is 0 Å². The Hall–Kier alpha value is -1.83. The quantitative estimate of drug-likeness (QED) is 0.817. The Labute approximate surface area is 141 Å². The van der Waals surface area contributed by atoms with Gasteiger partial charge in [0.25, 0.3) is 5.91 Å². The number of carbonyl (C=O) groups is 2. The number of fused-ring (bicyclic) bond motifs is 1. The topological polar surface area (TPSA) is 74.6 Å². The molecule has 2 heterocycles. The summed E-state index contributed by atoms with van der Waals surface area (Å²) >= 11 is 3.48. The van der Waals surface area contributed by atoms with E-state index in [1.165, 1.54) is 0 Å². The molecule has 23 heavy (non-hydrogen) atoms. The predicted molar refractivity (Wildman–Crippen MR) is 85.1 cm³/mol. The molecular formula is C15H17BrFN3O3. The molecule has 2 amide bonds. The molecule has 0 aromatic carbocycles. The van der Waals surface area contributed by atoms with Gasteiger partial charge >= 0.3 is 6.09 Å². The second-order valence-corrected chi connectivity index (χ2v) is 6.60. The maximum Gasteiger partial charge on any atom is 0.404 e. The number of halogens is 2. The Morgan fingerprint density at radius 3 is 2.87 bits per heavy atom. The van der Waals surface area contributed by atoms with Crippen LogP contribution < -0.4 is 5.32 Å². The molecule has 0 bridgehead atoms. The minimum absolute atomic E-state index is 0.0302. The third kappa shape index (κ3) is 3.26. The molecule has 1 saturated carbocycles. The van der Waals surface area contributed by atoms with E-state index < -0.39 is 6.09 Å². The number of rotatable bonds is 5. The lowest BCUT2D eigenvalue weighted by Crippen LogP contribution is -2.38. The zero-order valence-corrected chi connectivity index (χ0v) is 14.0. The normalized spacial score (nSPS) is 18.1. The lowest BCUT2D eigenvalue weighted by atomic mass is 10.0. The van der Waals surface area contributed by atoms with Gasteiger partial charge in [0.15, 0.2) is 0 Å². The lowest BCUT2D eigenvalue weighted by molar-refractivity contribution is 0.0727. The maximum atomic E-state index is 13.0. The highest BCUT2D eigenvalue weighted by Gasteiger charge is 2.37. The van der Waals surface area contributed by atoms with Gasteiger partial charge in [0, 0.05) is 31.9 Å². The minimum atomic E-state index is -1.20. The molecular weight excluding hydrogens is 369 g/mol. The van der Waals surface area contributed by atoms with Gasteiger partial charge in [-0.2, -0.15) is 0 Å². The van der Waals surface area contributed by atoms with Crippen LogP contribution in [-0.2, 0) is 13.0 Å². The molecule has 1 aliphatic carbocycles. The van der Waals surface area contributed by atoms with E-state index in [0.717, 1.165) is 29.4 Å². The van der Waals surface area contributed by atoms with Crippen LogP contribution in [0.1, 0.15) is 28.8 Å². The fourth-order valence-corrected chi connectivity index (χ4v) is 3.51. The highest BCUT2D eigenvalue weighted by atomic mass is 79.9. The highest BCUT2D eigenvalue weighted by molar-refractivity contribution is 9.10. The molecule has 124 valence electrons. The third-order valence-electron chi connectivity index (χ3n) is 4.19. The summed E-state index contributed by atoms with van der Waals surface area (Å²) in [5.74, 6) is 0.0302. The summed E-state index contributed by atoms with van der Waals surface area (Å²) in [4.78, 5) is 25.0. The fraction of sp³-hybridized carbons (Fsp3) is 0.467. The third-order valence-corrected chi connectivity index (χ3v) is 5.12. The molecule has 0 radical (unpaired) electrons. The van der Waals surface area contributed by atoms with E-state index in [1.807, 2.05) is 4.90 Å². The van der Waals surface area contributed by atoms with Crippen molar-refractivity contribution in [2.24, 2.45) is 0 Å². The van der Waals surface area contributed by atoms with Crippen molar-refractivity contribution in [3.05, 3.63) is 33.8 Å². The van der Waals surface area contributed by atoms with Crippen molar-refractivity contribution in [1.29, 1.82) is 0 Å². The molecule has 2 N–H and O–H groups in total. The average molecular weight is 386 g/mol. The van der Waals surface area contributed by atoms with Crippen LogP contribution in [0, 0.1) is 0 Å². The number of amides is 2. The molecule has 0 saturated heterocycles. The number of aromatic nitrogens is 1. The average Bonchev–Trinajstić information content (AvgIpc) is 3.30. The Kier molecular flexibility index (Phi) is 4.43. The van der Waals surface area contributed by atoms with Gasteiger partial charge in [-0.1, -0.05) is 0 Å². The van der Waals surface area contributed by atoms with Crippen molar-refractivity contribution in [1.82, 2.24) is 14.8 Å². The number of hydrogen-bond donors (Lipinski definition) is 2. The molecule has 1 aliphatic heterocycles. The van der Waals surface area contributed by atoms with E-state index in [1.54, 1.807) is 10.8 Å². The van der Waals surface area contributed by atoms with Gasteiger partial charge < -0.3 is 19.9 Å². The van der Waals surface area contributed by atoms with Crippen LogP contribution in [0.3, 0.4) is 0 Å². The summed E-state index contributed by atoms with van der Waals surface area (Å²) in [6.45, 7) is 0.801. The van der Waals surface area contributed by atoms with Gasteiger partial charge in [0.05, 0.1) is 16.5 Å². The van der Waals surface area contributed by atoms with Crippen molar-refractivity contribution in [3.8, 4) is 0 Å². The number of hydrogen-bond acceptors (Lipinski definition) is 2. The first-order chi connectivity index (χ1) is 11.0. The van der Waals surface area contributed by atoms with Crippen LogP contribution in [0.25, 0.3) is 0 Å². The van der Waals surface area contributed by atoms with Crippen LogP contribution >= 0.6 is 15.9 Å². The molecule has 1 aromatic rings. The highest BCUT2D eigenvalue weighted by Crippen LogP contribution is 2.35. The molecule has 1 aromatic heterocycles. The molecule has 0 atom stereocenters. The van der Waals surface area contributed by atoms with Gasteiger partial charge in [-0.15, -0.1) is 0 Å². The standard InChI is InChI=1S/C15H17BrFN3O3/c16-13-11-3-4-20(10-1-2-10)14(21)12(11)8-19(13)7-9(5-17)6-18-15(22)23/h5,8,10,18H,1-4,6-7H2,(H,22,23). The van der Waals surface area contributed by atoms with Gasteiger partial charge in [-0.25, -0.2) is 9.18 Å². The smallest absolute Gasteiger partial charge is 0.404 e. The van der Waals surface area contributed by atoms with E-state index in [-0.39, 0.29) is 24.6 Å². The number of nitrogens with zero attached hydrogens (tertiary/aromatic N) is 2. The Morgan fingerprint density at radius 1 is 1.52 bits per heavy atom. The predicted octanol–water partition coefficient (Wildman–Crippen LogP) is 2.53. The van der Waals surface area contributed by atoms with Crippen molar-refractivity contribution in [2.45, 2.75) is 31.8 Å². The van der Waals surface area contributed by atoms with Crippen molar-refractivity contribution in [2.75, 3.05) is 13.1 Å². The summed E-state index contributed by atoms with van der Waals surface area (Å²) in [7, 11) is 0. The fourth-order valence-electron chi connectivity index (χ4n) is 2.87. The Balaban J connectivity index is 1.78. The van der Waals surface area contributed by atoms with E-state index >= 15 is 0 Å². The first kappa shape index (κ1) is 16.0. The largest absolute Gasteiger partial charge is 0.465 e. The summed E-state index contributed by atoms with van der Waals surface area (Å²) in [5, 5.41) is 10.7. The lowest BCUT2D eigenvalue weighted by Gasteiger charge is -2.26. The number of nitrogens with one attached hydrogen (secondary N) is 1. The number of carboxylic acid groups (broad SMARTS) is 1. The summed E-state index contributed by atoms with van der Waals surface area (Å²) in [5.41, 5.74) is 1.88. The molecule has 8 heteroatoms. The summed E-state index contributed by atoms with van der Waals surface area (Å²) in [6, 6.07) is 0.374. The molecule has 0 spiro atoms. The van der Waals surface area contributed by atoms with E-state index in [4.69, 9.17) is 5.11 Å². The number of carbonyl (C=O) groups excluding carboxylic acids is 1. The summed E-state index contributed by atoms with van der Waals surface area (Å²) < 4.78 is 15.5.